The molecule has 0 saturated carbocycles. The van der Waals surface area contributed by atoms with Crippen LogP contribution in [0.3, 0.4) is 0 Å². The molecule has 1 aromatic carbocycles. The van der Waals surface area contributed by atoms with Crippen molar-refractivity contribution in [3.63, 3.8) is 0 Å². The van der Waals surface area contributed by atoms with Crippen LogP contribution in [0, 0.1) is 0 Å². The number of rotatable bonds is 1. The maximum absolute atomic E-state index is 5.28. The standard InChI is InChI=1S/C11H7NO2/c1-2-10(13-5-1)8-3-4-9-7-12-14-11(9)6-8/h1-7H. The highest BCUT2D eigenvalue weighted by Crippen LogP contribution is 2.24. The first kappa shape index (κ1) is 7.38. The van der Waals surface area contributed by atoms with Crippen LogP contribution in [0.2, 0.25) is 0 Å². The number of fused-ring (bicyclic) bond motifs is 1. The summed E-state index contributed by atoms with van der Waals surface area (Å²) < 4.78 is 10.3. The minimum Gasteiger partial charge on any atom is -0.464 e. The third kappa shape index (κ3) is 1.03. The summed E-state index contributed by atoms with van der Waals surface area (Å²) in [4.78, 5) is 0. The Labute approximate surface area is 79.9 Å². The van der Waals surface area contributed by atoms with Gasteiger partial charge in [-0.2, -0.15) is 0 Å². The van der Waals surface area contributed by atoms with Gasteiger partial charge in [-0.3, -0.25) is 0 Å². The van der Waals surface area contributed by atoms with Crippen LogP contribution >= 0.6 is 0 Å². The predicted octanol–water partition coefficient (Wildman–Crippen LogP) is 3.09. The lowest BCUT2D eigenvalue weighted by Crippen LogP contribution is -1.72. The fraction of sp³-hybridized carbons (Fsp3) is 0. The Morgan fingerprint density at radius 1 is 1.14 bits per heavy atom. The number of aromatic nitrogens is 1. The minimum atomic E-state index is 0.777. The first-order valence-electron chi connectivity index (χ1n) is 4.32. The third-order valence-electron chi connectivity index (χ3n) is 2.16. The molecule has 0 unspecified atom stereocenters. The second-order valence-electron chi connectivity index (χ2n) is 3.06. The molecule has 0 fully saturated rings. The van der Waals surface area contributed by atoms with Crippen molar-refractivity contribution in [1.29, 1.82) is 0 Å². The summed E-state index contributed by atoms with van der Waals surface area (Å²) in [6.07, 6.45) is 3.35. The van der Waals surface area contributed by atoms with Crippen molar-refractivity contribution in [2.45, 2.75) is 0 Å². The van der Waals surface area contributed by atoms with E-state index in [-0.39, 0.29) is 0 Å². The fourth-order valence-corrected chi connectivity index (χ4v) is 1.46. The smallest absolute Gasteiger partial charge is 0.167 e. The molecular formula is C11H7NO2. The van der Waals surface area contributed by atoms with Crippen LogP contribution in [-0.4, -0.2) is 5.16 Å². The van der Waals surface area contributed by atoms with E-state index in [2.05, 4.69) is 5.16 Å². The second kappa shape index (κ2) is 2.73. The molecule has 0 aliphatic rings. The molecule has 3 rings (SSSR count). The molecule has 3 heteroatoms. The molecule has 0 bridgehead atoms. The van der Waals surface area contributed by atoms with Crippen LogP contribution in [0.4, 0.5) is 0 Å². The highest BCUT2D eigenvalue weighted by atomic mass is 16.5. The van der Waals surface area contributed by atoms with Gasteiger partial charge in [-0.05, 0) is 24.3 Å². The van der Waals surface area contributed by atoms with E-state index in [4.69, 9.17) is 8.94 Å². The van der Waals surface area contributed by atoms with E-state index >= 15 is 0 Å². The molecule has 0 aliphatic heterocycles. The van der Waals surface area contributed by atoms with E-state index < -0.39 is 0 Å². The van der Waals surface area contributed by atoms with E-state index in [9.17, 15) is 0 Å². The first-order chi connectivity index (χ1) is 6.93. The Morgan fingerprint density at radius 2 is 2.14 bits per heavy atom. The Bertz CT molecular complexity index is 551. The Kier molecular flexibility index (Phi) is 1.44. The quantitative estimate of drug-likeness (QED) is 0.584. The van der Waals surface area contributed by atoms with E-state index in [0.29, 0.717) is 0 Å². The third-order valence-corrected chi connectivity index (χ3v) is 2.16. The van der Waals surface area contributed by atoms with Gasteiger partial charge < -0.3 is 8.94 Å². The zero-order valence-electron chi connectivity index (χ0n) is 7.31. The number of hydrogen-bond donors (Lipinski definition) is 0. The lowest BCUT2D eigenvalue weighted by Gasteiger charge is -1.94. The maximum Gasteiger partial charge on any atom is 0.167 e. The summed E-state index contributed by atoms with van der Waals surface area (Å²) in [5.41, 5.74) is 1.78. The SMILES string of the molecule is c1coc(-c2ccc3cnoc3c2)c1. The van der Waals surface area contributed by atoms with E-state index in [0.717, 1.165) is 22.3 Å². The largest absolute Gasteiger partial charge is 0.464 e. The van der Waals surface area contributed by atoms with Gasteiger partial charge in [-0.1, -0.05) is 11.2 Å². The molecule has 0 radical (unpaired) electrons. The van der Waals surface area contributed by atoms with Crippen molar-refractivity contribution in [3.8, 4) is 11.3 Å². The fourth-order valence-electron chi connectivity index (χ4n) is 1.46. The number of hydrogen-bond acceptors (Lipinski definition) is 3. The minimum absolute atomic E-state index is 0.777. The molecule has 0 aliphatic carbocycles. The van der Waals surface area contributed by atoms with E-state index in [1.165, 1.54) is 0 Å². The van der Waals surface area contributed by atoms with Gasteiger partial charge in [-0.25, -0.2) is 0 Å². The summed E-state index contributed by atoms with van der Waals surface area (Å²) in [6.45, 7) is 0. The van der Waals surface area contributed by atoms with E-state index in [1.807, 2.05) is 30.3 Å². The van der Waals surface area contributed by atoms with Crippen LogP contribution in [-0.2, 0) is 0 Å². The topological polar surface area (TPSA) is 39.2 Å². The second-order valence-corrected chi connectivity index (χ2v) is 3.06. The molecule has 0 amide bonds. The molecule has 0 spiro atoms. The molecular weight excluding hydrogens is 178 g/mol. The molecule has 2 aromatic heterocycles. The van der Waals surface area contributed by atoms with Gasteiger partial charge >= 0.3 is 0 Å². The van der Waals surface area contributed by atoms with Gasteiger partial charge in [0.05, 0.1) is 12.5 Å². The van der Waals surface area contributed by atoms with Crippen LogP contribution < -0.4 is 0 Å². The highest BCUT2D eigenvalue weighted by molar-refractivity contribution is 5.81. The summed E-state index contributed by atoms with van der Waals surface area (Å²) >= 11 is 0. The lowest BCUT2D eigenvalue weighted by molar-refractivity contribution is 0.456. The van der Waals surface area contributed by atoms with Crippen molar-refractivity contribution in [2.75, 3.05) is 0 Å². The molecule has 3 nitrogen and oxygen atoms in total. The average Bonchev–Trinajstić information content (AvgIpc) is 2.88. The van der Waals surface area contributed by atoms with Crippen LogP contribution in [0.1, 0.15) is 0 Å². The monoisotopic (exact) mass is 185 g/mol. The van der Waals surface area contributed by atoms with Crippen molar-refractivity contribution in [1.82, 2.24) is 5.16 Å². The van der Waals surface area contributed by atoms with Crippen molar-refractivity contribution in [3.05, 3.63) is 42.8 Å². The Hall–Kier alpha value is -2.03. The number of nitrogens with zero attached hydrogens (tertiary/aromatic N) is 1. The molecule has 3 aromatic rings. The van der Waals surface area contributed by atoms with Crippen molar-refractivity contribution in [2.24, 2.45) is 0 Å². The molecule has 0 N–H and O–H groups in total. The van der Waals surface area contributed by atoms with Gasteiger partial charge in [0, 0.05) is 10.9 Å². The number of benzene rings is 1. The molecule has 0 saturated heterocycles. The van der Waals surface area contributed by atoms with Crippen LogP contribution in [0.25, 0.3) is 22.3 Å². The summed E-state index contributed by atoms with van der Waals surface area (Å²) in [5, 5.41) is 4.72. The van der Waals surface area contributed by atoms with Crippen molar-refractivity contribution >= 4 is 11.0 Å². The lowest BCUT2D eigenvalue weighted by atomic mass is 10.1. The Balaban J connectivity index is 2.23. The van der Waals surface area contributed by atoms with Crippen molar-refractivity contribution < 1.29 is 8.94 Å². The van der Waals surface area contributed by atoms with E-state index in [1.54, 1.807) is 12.5 Å². The molecule has 14 heavy (non-hydrogen) atoms. The molecule has 68 valence electrons. The van der Waals surface area contributed by atoms with Gasteiger partial charge in [-0.15, -0.1) is 0 Å². The van der Waals surface area contributed by atoms with Gasteiger partial charge in [0.1, 0.15) is 5.76 Å². The summed E-state index contributed by atoms with van der Waals surface area (Å²) in [7, 11) is 0. The Morgan fingerprint density at radius 3 is 3.00 bits per heavy atom. The average molecular weight is 185 g/mol. The van der Waals surface area contributed by atoms with Gasteiger partial charge in [0.15, 0.2) is 5.58 Å². The zero-order valence-corrected chi connectivity index (χ0v) is 7.31. The normalized spacial score (nSPS) is 10.9. The zero-order chi connectivity index (χ0) is 9.38. The van der Waals surface area contributed by atoms with Gasteiger partial charge in [0.2, 0.25) is 0 Å². The van der Waals surface area contributed by atoms with Crippen LogP contribution in [0.15, 0.2) is 51.7 Å². The molecule has 0 atom stereocenters. The van der Waals surface area contributed by atoms with Gasteiger partial charge in [0.25, 0.3) is 0 Å². The number of furan rings is 1. The highest BCUT2D eigenvalue weighted by Gasteiger charge is 2.03. The first-order valence-corrected chi connectivity index (χ1v) is 4.32. The van der Waals surface area contributed by atoms with Crippen LogP contribution in [0.5, 0.6) is 0 Å². The predicted molar refractivity (Wildman–Crippen MR) is 51.7 cm³/mol. The summed E-state index contributed by atoms with van der Waals surface area (Å²) in [6, 6.07) is 9.64. The summed E-state index contributed by atoms with van der Waals surface area (Å²) in [5.74, 6) is 0.836. The molecule has 2 heterocycles. The maximum atomic E-state index is 5.28.